The molecule has 19 heavy (non-hydrogen) atoms. The molecule has 0 aliphatic carbocycles. The molecule has 0 fully saturated rings. The van der Waals surface area contributed by atoms with Crippen molar-refractivity contribution in [1.82, 2.24) is 4.98 Å². The minimum atomic E-state index is -0.526. The maximum atomic E-state index is 11.0. The summed E-state index contributed by atoms with van der Waals surface area (Å²) in [6.45, 7) is 0. The molecular weight excluding hydrogens is 324 g/mol. The molecule has 0 saturated carbocycles. The second kappa shape index (κ2) is 6.71. The van der Waals surface area contributed by atoms with E-state index in [1.165, 1.54) is 34.4 Å². The van der Waals surface area contributed by atoms with Crippen molar-refractivity contribution >= 4 is 51.9 Å². The molecule has 4 nitrogen and oxygen atoms in total. The lowest BCUT2D eigenvalue weighted by atomic mass is 10.3. The van der Waals surface area contributed by atoms with Crippen LogP contribution in [-0.2, 0) is 0 Å². The number of thioether (sulfide) groups is 1. The van der Waals surface area contributed by atoms with Crippen molar-refractivity contribution in [2.45, 2.75) is 10.4 Å². The van der Waals surface area contributed by atoms with Gasteiger partial charge in [-0.1, -0.05) is 11.8 Å². The number of carbonyl (C=O) groups is 1. The smallest absolute Gasteiger partial charge is 0.258 e. The second-order valence-corrected chi connectivity index (χ2v) is 7.16. The zero-order chi connectivity index (χ0) is 13.8. The lowest BCUT2D eigenvalue weighted by Gasteiger charge is -2.02. The van der Waals surface area contributed by atoms with Gasteiger partial charge < -0.3 is 10.8 Å². The van der Waals surface area contributed by atoms with E-state index in [9.17, 15) is 9.90 Å². The molecular formula is C11H11ClN2O2S3. The van der Waals surface area contributed by atoms with E-state index in [1.807, 2.05) is 11.4 Å². The molecule has 2 heterocycles. The number of hydrogen-bond donors (Lipinski definition) is 2. The Bertz CT molecular complexity index is 570. The van der Waals surface area contributed by atoms with Crippen molar-refractivity contribution in [1.29, 1.82) is 0 Å². The number of nitrogens with two attached hydrogens (primary N) is 1. The molecule has 0 radical (unpaired) electrons. The summed E-state index contributed by atoms with van der Waals surface area (Å²) in [6, 6.07) is 3.54. The molecule has 102 valence electrons. The Hall–Kier alpha value is -0.600. The van der Waals surface area contributed by atoms with Crippen LogP contribution in [0.2, 0.25) is 0 Å². The van der Waals surface area contributed by atoms with E-state index < -0.39 is 12.0 Å². The van der Waals surface area contributed by atoms with Crippen LogP contribution in [0.4, 0.5) is 0 Å². The molecule has 1 amide bonds. The van der Waals surface area contributed by atoms with Gasteiger partial charge in [-0.2, -0.15) is 0 Å². The number of aliphatic hydroxyl groups excluding tert-OH is 1. The number of primary amides is 1. The number of thiazole rings is 1. The summed E-state index contributed by atoms with van der Waals surface area (Å²) in [5, 5.41) is 11.3. The van der Waals surface area contributed by atoms with Gasteiger partial charge in [0.2, 0.25) is 0 Å². The molecule has 0 aromatic carbocycles. The lowest BCUT2D eigenvalue weighted by Crippen LogP contribution is -2.10. The normalized spacial score (nSPS) is 12.5. The van der Waals surface area contributed by atoms with Crippen molar-refractivity contribution in [2.24, 2.45) is 5.73 Å². The fraction of sp³-hybridized carbons (Fsp3) is 0.273. The average Bonchev–Trinajstić information content (AvgIpc) is 3.04. The Balaban J connectivity index is 2.05. The van der Waals surface area contributed by atoms with Gasteiger partial charge in [0.1, 0.15) is 0 Å². The van der Waals surface area contributed by atoms with E-state index in [4.69, 9.17) is 17.3 Å². The molecule has 0 spiro atoms. The topological polar surface area (TPSA) is 76.2 Å². The first-order valence-corrected chi connectivity index (χ1v) is 8.54. The predicted molar refractivity (Wildman–Crippen MR) is 81.4 cm³/mol. The largest absolute Gasteiger partial charge is 0.391 e. The summed E-state index contributed by atoms with van der Waals surface area (Å²) >= 11 is 9.83. The van der Waals surface area contributed by atoms with Crippen molar-refractivity contribution in [3.05, 3.63) is 22.4 Å². The van der Waals surface area contributed by atoms with Gasteiger partial charge in [-0.15, -0.1) is 34.3 Å². The highest BCUT2D eigenvalue weighted by atomic mass is 35.5. The quantitative estimate of drug-likeness (QED) is 0.629. The number of halogens is 1. The fourth-order valence-corrected chi connectivity index (χ4v) is 4.17. The van der Waals surface area contributed by atoms with Crippen LogP contribution in [0.1, 0.15) is 9.67 Å². The third-order valence-corrected chi connectivity index (χ3v) is 5.81. The molecule has 2 aromatic rings. The Labute approximate surface area is 127 Å². The van der Waals surface area contributed by atoms with Crippen molar-refractivity contribution < 1.29 is 9.90 Å². The number of hydrogen-bond acceptors (Lipinski definition) is 6. The van der Waals surface area contributed by atoms with E-state index in [1.54, 1.807) is 6.07 Å². The highest BCUT2D eigenvalue weighted by Crippen LogP contribution is 2.32. The first-order valence-electron chi connectivity index (χ1n) is 5.32. The SMILES string of the molecule is NC(=O)c1ccc(-c2csc(SC[C@@H](O)CCl)n2)s1. The zero-order valence-electron chi connectivity index (χ0n) is 9.71. The number of alkyl halides is 1. The number of nitrogens with zero attached hydrogens (tertiary/aromatic N) is 1. The maximum absolute atomic E-state index is 11.0. The van der Waals surface area contributed by atoms with Crippen molar-refractivity contribution in [3.8, 4) is 10.6 Å². The van der Waals surface area contributed by atoms with E-state index in [2.05, 4.69) is 4.98 Å². The monoisotopic (exact) mass is 334 g/mol. The molecule has 2 rings (SSSR count). The van der Waals surface area contributed by atoms with Crippen LogP contribution in [-0.4, -0.2) is 33.7 Å². The van der Waals surface area contributed by atoms with Gasteiger partial charge in [-0.3, -0.25) is 4.79 Å². The number of aromatic nitrogens is 1. The van der Waals surface area contributed by atoms with Crippen LogP contribution in [0, 0.1) is 0 Å². The summed E-state index contributed by atoms with van der Waals surface area (Å²) < 4.78 is 0.869. The number of carbonyl (C=O) groups excluding carboxylic acids is 1. The average molecular weight is 335 g/mol. The summed E-state index contributed by atoms with van der Waals surface area (Å²) in [5.74, 6) is 0.317. The Morgan fingerprint density at radius 2 is 2.37 bits per heavy atom. The van der Waals surface area contributed by atoms with Gasteiger partial charge in [0.25, 0.3) is 5.91 Å². The predicted octanol–water partition coefficient (Wildman–Crippen LogP) is 2.66. The third kappa shape index (κ3) is 3.93. The minimum absolute atomic E-state index is 0.220. The minimum Gasteiger partial charge on any atom is -0.391 e. The summed E-state index contributed by atoms with van der Waals surface area (Å²) in [5.41, 5.74) is 6.04. The summed E-state index contributed by atoms with van der Waals surface area (Å²) in [4.78, 5) is 16.9. The Kier molecular flexibility index (Phi) is 5.23. The Morgan fingerprint density at radius 3 is 3.00 bits per heavy atom. The van der Waals surface area contributed by atoms with E-state index >= 15 is 0 Å². The first kappa shape index (κ1) is 14.8. The molecule has 0 aliphatic rings. The van der Waals surface area contributed by atoms with Gasteiger partial charge in [0, 0.05) is 17.0 Å². The Morgan fingerprint density at radius 1 is 1.58 bits per heavy atom. The van der Waals surface area contributed by atoms with Gasteiger partial charge in [-0.25, -0.2) is 4.98 Å². The fourth-order valence-electron chi connectivity index (χ4n) is 1.26. The van der Waals surface area contributed by atoms with Gasteiger partial charge in [0.15, 0.2) is 4.34 Å². The lowest BCUT2D eigenvalue weighted by molar-refractivity contribution is 0.100. The molecule has 0 bridgehead atoms. The first-order chi connectivity index (χ1) is 9.10. The van der Waals surface area contributed by atoms with Gasteiger partial charge in [-0.05, 0) is 12.1 Å². The maximum Gasteiger partial charge on any atom is 0.258 e. The van der Waals surface area contributed by atoms with Gasteiger partial charge in [0.05, 0.1) is 21.6 Å². The molecule has 1 atom stereocenters. The van der Waals surface area contributed by atoms with Crippen LogP contribution in [0.3, 0.4) is 0 Å². The molecule has 0 saturated heterocycles. The number of amides is 1. The van der Waals surface area contributed by atoms with Crippen LogP contribution in [0.15, 0.2) is 21.9 Å². The standard InChI is InChI=1S/C11H11ClN2O2S3/c12-3-6(15)4-17-11-14-7(5-18-11)8-1-2-9(19-8)10(13)16/h1-2,5-6,15H,3-4H2,(H2,13,16)/t6-/m0/s1. The van der Waals surface area contributed by atoms with Crippen LogP contribution in [0.25, 0.3) is 10.6 Å². The van der Waals surface area contributed by atoms with Crippen LogP contribution >= 0.6 is 46.0 Å². The highest BCUT2D eigenvalue weighted by molar-refractivity contribution is 8.01. The second-order valence-electron chi connectivity index (χ2n) is 3.65. The number of aliphatic hydroxyl groups is 1. The molecule has 0 aliphatic heterocycles. The van der Waals surface area contributed by atoms with E-state index in [0.29, 0.717) is 10.6 Å². The molecule has 8 heteroatoms. The third-order valence-electron chi connectivity index (χ3n) is 2.16. The molecule has 3 N–H and O–H groups in total. The van der Waals surface area contributed by atoms with Crippen LogP contribution < -0.4 is 5.73 Å². The molecule has 2 aromatic heterocycles. The summed E-state index contributed by atoms with van der Waals surface area (Å²) in [7, 11) is 0. The number of rotatable bonds is 6. The van der Waals surface area contributed by atoms with E-state index in [0.717, 1.165) is 14.9 Å². The van der Waals surface area contributed by atoms with Crippen molar-refractivity contribution in [3.63, 3.8) is 0 Å². The van der Waals surface area contributed by atoms with Crippen LogP contribution in [0.5, 0.6) is 0 Å². The highest BCUT2D eigenvalue weighted by Gasteiger charge is 2.11. The van der Waals surface area contributed by atoms with E-state index in [-0.39, 0.29) is 5.88 Å². The number of thiophene rings is 1. The van der Waals surface area contributed by atoms with Crippen molar-refractivity contribution in [2.75, 3.05) is 11.6 Å². The van der Waals surface area contributed by atoms with Gasteiger partial charge >= 0.3 is 0 Å². The zero-order valence-corrected chi connectivity index (χ0v) is 12.9. The summed E-state index contributed by atoms with van der Waals surface area (Å²) in [6.07, 6.45) is -0.526. The molecule has 0 unspecified atom stereocenters.